The second-order valence-corrected chi connectivity index (χ2v) is 5.92. The van der Waals surface area contributed by atoms with Gasteiger partial charge >= 0.3 is 0 Å². The van der Waals surface area contributed by atoms with Crippen molar-refractivity contribution in [3.05, 3.63) is 0 Å². The first-order valence-electron chi connectivity index (χ1n) is 5.60. The molecule has 0 aromatic heterocycles. The summed E-state index contributed by atoms with van der Waals surface area (Å²) in [5.41, 5.74) is 0. The average molecular weight is 253 g/mol. The summed E-state index contributed by atoms with van der Waals surface area (Å²) in [7, 11) is -1.18. The molecule has 98 valence electrons. The van der Waals surface area contributed by atoms with Crippen molar-refractivity contribution >= 4 is 9.84 Å². The van der Waals surface area contributed by atoms with E-state index in [1.807, 2.05) is 0 Å². The van der Waals surface area contributed by atoms with Gasteiger partial charge < -0.3 is 14.8 Å². The van der Waals surface area contributed by atoms with E-state index in [-0.39, 0.29) is 11.5 Å². The lowest BCUT2D eigenvalue weighted by molar-refractivity contribution is 0.0720. The number of hydrogen-bond acceptors (Lipinski definition) is 5. The number of sulfone groups is 1. The predicted molar refractivity (Wildman–Crippen MR) is 64.5 cm³/mol. The number of nitrogens with one attached hydrogen (secondary N) is 1. The van der Waals surface area contributed by atoms with Crippen LogP contribution in [-0.2, 0) is 19.3 Å². The van der Waals surface area contributed by atoms with Crippen LogP contribution in [-0.4, -0.2) is 59.9 Å². The van der Waals surface area contributed by atoms with E-state index in [0.29, 0.717) is 32.8 Å². The minimum Gasteiger partial charge on any atom is -0.382 e. The molecular weight excluding hydrogens is 230 g/mol. The van der Waals surface area contributed by atoms with Crippen molar-refractivity contribution < 1.29 is 17.9 Å². The molecule has 0 rings (SSSR count). The molecule has 0 aromatic rings. The molecule has 0 fully saturated rings. The summed E-state index contributed by atoms with van der Waals surface area (Å²) >= 11 is 0. The second kappa shape index (κ2) is 10.0. The van der Waals surface area contributed by atoms with E-state index in [4.69, 9.17) is 9.47 Å². The van der Waals surface area contributed by atoms with Gasteiger partial charge in [0.1, 0.15) is 9.84 Å². The van der Waals surface area contributed by atoms with Crippen LogP contribution < -0.4 is 5.32 Å². The van der Waals surface area contributed by atoms with Crippen LogP contribution in [0, 0.1) is 0 Å². The van der Waals surface area contributed by atoms with Crippen molar-refractivity contribution in [1.29, 1.82) is 0 Å². The minimum atomic E-state index is -2.81. The number of ether oxygens (including phenoxy) is 2. The summed E-state index contributed by atoms with van der Waals surface area (Å²) in [4.78, 5) is 0. The Kier molecular flexibility index (Phi) is 9.91. The molecule has 5 nitrogen and oxygen atoms in total. The Morgan fingerprint density at radius 3 is 2.50 bits per heavy atom. The zero-order chi connectivity index (χ0) is 12.3. The average Bonchev–Trinajstić information content (AvgIpc) is 2.27. The summed E-state index contributed by atoms with van der Waals surface area (Å²) < 4.78 is 32.3. The fourth-order valence-corrected chi connectivity index (χ4v) is 1.95. The lowest BCUT2D eigenvalue weighted by Crippen LogP contribution is -2.23. The van der Waals surface area contributed by atoms with E-state index in [1.54, 1.807) is 14.0 Å². The van der Waals surface area contributed by atoms with Gasteiger partial charge in [-0.25, -0.2) is 8.42 Å². The van der Waals surface area contributed by atoms with Crippen molar-refractivity contribution in [3.8, 4) is 0 Å². The predicted octanol–water partition coefficient (Wildman–Crippen LogP) is 0.0638. The van der Waals surface area contributed by atoms with Gasteiger partial charge in [-0.2, -0.15) is 0 Å². The fourth-order valence-electron chi connectivity index (χ4n) is 1.08. The third-order valence-electron chi connectivity index (χ3n) is 2.10. The van der Waals surface area contributed by atoms with Gasteiger partial charge in [-0.3, -0.25) is 0 Å². The van der Waals surface area contributed by atoms with Gasteiger partial charge in [-0.05, 0) is 13.0 Å². The Balaban J connectivity index is 3.16. The molecule has 0 bridgehead atoms. The van der Waals surface area contributed by atoms with Crippen molar-refractivity contribution in [1.82, 2.24) is 5.32 Å². The highest BCUT2D eigenvalue weighted by atomic mass is 32.2. The second-order valence-electron chi connectivity index (χ2n) is 3.45. The first-order valence-corrected chi connectivity index (χ1v) is 7.42. The Morgan fingerprint density at radius 2 is 1.88 bits per heavy atom. The molecule has 0 saturated heterocycles. The molecule has 0 saturated carbocycles. The summed E-state index contributed by atoms with van der Waals surface area (Å²) in [6, 6.07) is 0. The molecule has 0 unspecified atom stereocenters. The van der Waals surface area contributed by atoms with Crippen LogP contribution in [0.2, 0.25) is 0 Å². The highest BCUT2D eigenvalue weighted by molar-refractivity contribution is 7.91. The molecular formula is C10H23NO4S. The Labute approximate surface area is 98.4 Å². The van der Waals surface area contributed by atoms with Crippen molar-refractivity contribution in [2.24, 2.45) is 0 Å². The fraction of sp³-hybridized carbons (Fsp3) is 1.00. The molecule has 0 spiro atoms. The quantitative estimate of drug-likeness (QED) is 0.528. The SMILES string of the molecule is CCS(=O)(=O)CCCNCCOCCOC. The third-order valence-corrected chi connectivity index (χ3v) is 3.89. The molecule has 6 heteroatoms. The number of hydrogen-bond donors (Lipinski definition) is 1. The molecule has 0 heterocycles. The molecule has 0 aromatic carbocycles. The number of methoxy groups -OCH3 is 1. The van der Waals surface area contributed by atoms with Gasteiger partial charge in [0.25, 0.3) is 0 Å². The van der Waals surface area contributed by atoms with Crippen LogP contribution in [0.3, 0.4) is 0 Å². The standard InChI is InChI=1S/C10H23NO4S/c1-3-16(12,13)10-4-5-11-6-7-15-9-8-14-2/h11H,3-10H2,1-2H3. The van der Waals surface area contributed by atoms with Crippen molar-refractivity contribution in [2.45, 2.75) is 13.3 Å². The van der Waals surface area contributed by atoms with Crippen molar-refractivity contribution in [3.63, 3.8) is 0 Å². The Morgan fingerprint density at radius 1 is 1.12 bits per heavy atom. The van der Waals surface area contributed by atoms with Gasteiger partial charge in [0, 0.05) is 19.4 Å². The van der Waals surface area contributed by atoms with Crippen molar-refractivity contribution in [2.75, 3.05) is 51.5 Å². The molecule has 0 atom stereocenters. The summed E-state index contributed by atoms with van der Waals surface area (Å²) in [6.07, 6.45) is 0.661. The molecule has 0 aliphatic rings. The summed E-state index contributed by atoms with van der Waals surface area (Å²) in [5.74, 6) is 0.494. The summed E-state index contributed by atoms with van der Waals surface area (Å²) in [5, 5.41) is 3.13. The Hall–Kier alpha value is -0.170. The normalized spacial score (nSPS) is 11.9. The van der Waals surface area contributed by atoms with E-state index in [2.05, 4.69) is 5.32 Å². The van der Waals surface area contributed by atoms with Crippen LogP contribution in [0.5, 0.6) is 0 Å². The van der Waals surface area contributed by atoms with Gasteiger partial charge in [-0.1, -0.05) is 6.92 Å². The summed E-state index contributed by atoms with van der Waals surface area (Å²) in [6.45, 7) is 4.97. The monoisotopic (exact) mass is 253 g/mol. The van der Waals surface area contributed by atoms with Gasteiger partial charge in [-0.15, -0.1) is 0 Å². The molecule has 1 N–H and O–H groups in total. The maximum Gasteiger partial charge on any atom is 0.150 e. The van der Waals surface area contributed by atoms with E-state index in [1.165, 1.54) is 0 Å². The lowest BCUT2D eigenvalue weighted by atomic mass is 10.5. The molecule has 0 amide bonds. The Bertz CT molecular complexity index is 241. The maximum atomic E-state index is 11.1. The topological polar surface area (TPSA) is 64.6 Å². The number of rotatable bonds is 11. The van der Waals surface area contributed by atoms with Crippen LogP contribution in [0.25, 0.3) is 0 Å². The molecule has 16 heavy (non-hydrogen) atoms. The highest BCUT2D eigenvalue weighted by Crippen LogP contribution is 1.91. The zero-order valence-electron chi connectivity index (χ0n) is 10.2. The maximum absolute atomic E-state index is 11.1. The first-order chi connectivity index (χ1) is 7.62. The molecule has 0 radical (unpaired) electrons. The highest BCUT2D eigenvalue weighted by Gasteiger charge is 2.05. The van der Waals surface area contributed by atoms with Gasteiger partial charge in [0.05, 0.1) is 25.6 Å². The minimum absolute atomic E-state index is 0.229. The van der Waals surface area contributed by atoms with E-state index in [9.17, 15) is 8.42 Å². The van der Waals surface area contributed by atoms with Crippen LogP contribution in [0.1, 0.15) is 13.3 Å². The molecule has 0 aliphatic heterocycles. The molecule has 0 aliphatic carbocycles. The smallest absolute Gasteiger partial charge is 0.150 e. The first kappa shape index (κ1) is 15.8. The zero-order valence-corrected chi connectivity index (χ0v) is 11.0. The van der Waals surface area contributed by atoms with Gasteiger partial charge in [0.2, 0.25) is 0 Å². The van der Waals surface area contributed by atoms with E-state index < -0.39 is 9.84 Å². The third kappa shape index (κ3) is 10.4. The van der Waals surface area contributed by atoms with Gasteiger partial charge in [0.15, 0.2) is 0 Å². The van der Waals surface area contributed by atoms with E-state index in [0.717, 1.165) is 6.54 Å². The van der Waals surface area contributed by atoms with Crippen LogP contribution in [0.15, 0.2) is 0 Å². The lowest BCUT2D eigenvalue weighted by Gasteiger charge is -2.05. The largest absolute Gasteiger partial charge is 0.382 e. The van der Waals surface area contributed by atoms with E-state index >= 15 is 0 Å². The van der Waals surface area contributed by atoms with Crippen LogP contribution in [0.4, 0.5) is 0 Å². The van der Waals surface area contributed by atoms with Crippen LogP contribution >= 0.6 is 0 Å².